The second-order valence-corrected chi connectivity index (χ2v) is 7.76. The average Bonchev–Trinajstić information content (AvgIpc) is 2.72. The zero-order valence-corrected chi connectivity index (χ0v) is 19.8. The maximum atomic E-state index is 6.14. The van der Waals surface area contributed by atoms with Crippen molar-refractivity contribution in [2.75, 3.05) is 24.6 Å². The number of nitrogens with zero attached hydrogens (tertiary/aromatic N) is 3. The molecule has 30 heavy (non-hydrogen) atoms. The molecule has 2 aromatic rings. The van der Waals surface area contributed by atoms with Crippen molar-refractivity contribution in [3.8, 4) is 5.75 Å². The minimum absolute atomic E-state index is 0. The number of hydrogen-bond acceptors (Lipinski definition) is 5. The summed E-state index contributed by atoms with van der Waals surface area (Å²) in [7, 11) is 0. The summed E-state index contributed by atoms with van der Waals surface area (Å²) in [6.45, 7) is 7.08. The Labute approximate surface area is 195 Å². The normalized spacial score (nSPS) is 23.7. The quantitative estimate of drug-likeness (QED) is 0.364. The SMILES string of the molecule is CC1CN(c2ccc(CN=C(N)NC3CCOc4ccccc43)cn2)CC(C)O1.I. The second kappa shape index (κ2) is 10.3. The van der Waals surface area contributed by atoms with Gasteiger partial charge in [-0.1, -0.05) is 24.3 Å². The van der Waals surface area contributed by atoms with E-state index in [1.165, 1.54) is 0 Å². The molecule has 1 aromatic carbocycles. The van der Waals surface area contributed by atoms with Crippen molar-refractivity contribution in [3.63, 3.8) is 0 Å². The molecule has 0 bridgehead atoms. The monoisotopic (exact) mass is 523 g/mol. The number of benzene rings is 1. The van der Waals surface area contributed by atoms with E-state index in [2.05, 4.69) is 46.2 Å². The Balaban J connectivity index is 0.00000256. The Morgan fingerprint density at radius 1 is 1.20 bits per heavy atom. The van der Waals surface area contributed by atoms with Gasteiger partial charge in [-0.05, 0) is 31.5 Å². The molecule has 162 valence electrons. The fourth-order valence-corrected chi connectivity index (χ4v) is 3.95. The molecular formula is C22H30IN5O2. The fraction of sp³-hybridized carbons (Fsp3) is 0.455. The van der Waals surface area contributed by atoms with Crippen molar-refractivity contribution < 1.29 is 9.47 Å². The number of nitrogens with one attached hydrogen (secondary N) is 1. The molecule has 3 heterocycles. The first-order valence-corrected chi connectivity index (χ1v) is 10.2. The third kappa shape index (κ3) is 5.54. The van der Waals surface area contributed by atoms with Gasteiger partial charge >= 0.3 is 0 Å². The van der Waals surface area contributed by atoms with E-state index in [4.69, 9.17) is 15.2 Å². The number of rotatable bonds is 4. The Morgan fingerprint density at radius 2 is 1.97 bits per heavy atom. The standard InChI is InChI=1S/C22H29N5O2.HI/c1-15-13-27(14-16(2)29-15)21-8-7-17(11-24-21)12-25-22(23)26-19-9-10-28-20-6-4-3-5-18(19)20;/h3-8,11,15-16,19H,9-10,12-14H2,1-2H3,(H3,23,25,26);1H. The van der Waals surface area contributed by atoms with Crippen LogP contribution in [-0.2, 0) is 11.3 Å². The molecule has 3 atom stereocenters. The number of fused-ring (bicyclic) bond motifs is 1. The molecule has 4 rings (SSSR count). The molecule has 0 amide bonds. The van der Waals surface area contributed by atoms with Crippen LogP contribution >= 0.6 is 24.0 Å². The first kappa shape index (κ1) is 22.6. The van der Waals surface area contributed by atoms with Gasteiger partial charge in [0, 0.05) is 31.3 Å². The van der Waals surface area contributed by atoms with Crippen molar-refractivity contribution >= 4 is 35.8 Å². The smallest absolute Gasteiger partial charge is 0.189 e. The molecule has 1 saturated heterocycles. The van der Waals surface area contributed by atoms with Crippen LogP contribution in [0.2, 0.25) is 0 Å². The Morgan fingerprint density at radius 3 is 2.70 bits per heavy atom. The largest absolute Gasteiger partial charge is 0.493 e. The lowest BCUT2D eigenvalue weighted by atomic mass is 10.0. The lowest BCUT2D eigenvalue weighted by Gasteiger charge is -2.36. The summed E-state index contributed by atoms with van der Waals surface area (Å²) in [5, 5.41) is 3.32. The van der Waals surface area contributed by atoms with Crippen LogP contribution in [0.25, 0.3) is 0 Å². The number of guanidine groups is 1. The highest BCUT2D eigenvalue weighted by atomic mass is 127. The summed E-state index contributed by atoms with van der Waals surface area (Å²) in [5.41, 5.74) is 8.29. The number of hydrogen-bond donors (Lipinski definition) is 2. The minimum Gasteiger partial charge on any atom is -0.493 e. The average molecular weight is 523 g/mol. The number of aliphatic imine (C=N–C) groups is 1. The van der Waals surface area contributed by atoms with Gasteiger partial charge in [-0.25, -0.2) is 9.98 Å². The van der Waals surface area contributed by atoms with Crippen molar-refractivity contribution in [3.05, 3.63) is 53.7 Å². The second-order valence-electron chi connectivity index (χ2n) is 7.76. The van der Waals surface area contributed by atoms with Crippen LogP contribution in [0.1, 0.15) is 37.4 Å². The van der Waals surface area contributed by atoms with Gasteiger partial charge in [-0.2, -0.15) is 0 Å². The van der Waals surface area contributed by atoms with E-state index in [0.717, 1.165) is 42.2 Å². The number of morpholine rings is 1. The highest BCUT2D eigenvalue weighted by Gasteiger charge is 2.23. The topological polar surface area (TPSA) is 85.0 Å². The summed E-state index contributed by atoms with van der Waals surface area (Å²) in [4.78, 5) is 11.4. The summed E-state index contributed by atoms with van der Waals surface area (Å²) in [5.74, 6) is 2.33. The van der Waals surface area contributed by atoms with Gasteiger partial charge in [0.2, 0.25) is 0 Å². The number of anilines is 1. The van der Waals surface area contributed by atoms with Crippen molar-refractivity contribution in [2.45, 2.75) is 45.1 Å². The van der Waals surface area contributed by atoms with E-state index in [0.29, 0.717) is 19.1 Å². The molecule has 8 heteroatoms. The zero-order valence-electron chi connectivity index (χ0n) is 17.5. The summed E-state index contributed by atoms with van der Waals surface area (Å²) in [6.07, 6.45) is 3.16. The van der Waals surface area contributed by atoms with Crippen LogP contribution in [0.4, 0.5) is 5.82 Å². The van der Waals surface area contributed by atoms with E-state index >= 15 is 0 Å². The van der Waals surface area contributed by atoms with Gasteiger partial charge in [0.05, 0.1) is 31.4 Å². The highest BCUT2D eigenvalue weighted by molar-refractivity contribution is 14.0. The number of ether oxygens (including phenoxy) is 2. The maximum absolute atomic E-state index is 6.14. The van der Waals surface area contributed by atoms with Gasteiger partial charge in [0.1, 0.15) is 11.6 Å². The molecule has 2 aliphatic rings. The van der Waals surface area contributed by atoms with Gasteiger partial charge in [-0.15, -0.1) is 24.0 Å². The number of aromatic nitrogens is 1. The first-order valence-electron chi connectivity index (χ1n) is 10.2. The van der Waals surface area contributed by atoms with Crippen LogP contribution in [0.15, 0.2) is 47.6 Å². The molecule has 0 saturated carbocycles. The van der Waals surface area contributed by atoms with E-state index in [-0.39, 0.29) is 42.2 Å². The lowest BCUT2D eigenvalue weighted by molar-refractivity contribution is -0.00545. The number of pyridine rings is 1. The first-order chi connectivity index (χ1) is 14.1. The molecule has 0 spiro atoms. The van der Waals surface area contributed by atoms with Gasteiger partial charge in [0.15, 0.2) is 5.96 Å². The third-order valence-electron chi connectivity index (χ3n) is 5.27. The molecule has 1 aromatic heterocycles. The van der Waals surface area contributed by atoms with Crippen LogP contribution in [0.5, 0.6) is 5.75 Å². The highest BCUT2D eigenvalue weighted by Crippen LogP contribution is 2.31. The zero-order chi connectivity index (χ0) is 20.2. The Kier molecular flexibility index (Phi) is 7.76. The van der Waals surface area contributed by atoms with Gasteiger partial charge in [-0.3, -0.25) is 0 Å². The third-order valence-corrected chi connectivity index (χ3v) is 5.27. The predicted molar refractivity (Wildman–Crippen MR) is 130 cm³/mol. The van der Waals surface area contributed by atoms with Crippen LogP contribution in [-0.4, -0.2) is 42.8 Å². The molecule has 2 aliphatic heterocycles. The number of para-hydroxylation sites is 1. The van der Waals surface area contributed by atoms with E-state index < -0.39 is 0 Å². The Hall–Kier alpha value is -2.07. The minimum atomic E-state index is 0. The molecule has 0 radical (unpaired) electrons. The van der Waals surface area contributed by atoms with Crippen LogP contribution in [0.3, 0.4) is 0 Å². The lowest BCUT2D eigenvalue weighted by Crippen LogP contribution is -2.45. The fourth-order valence-electron chi connectivity index (χ4n) is 3.95. The summed E-state index contributed by atoms with van der Waals surface area (Å²) < 4.78 is 11.5. The van der Waals surface area contributed by atoms with Gasteiger partial charge in [0.25, 0.3) is 0 Å². The van der Waals surface area contributed by atoms with Gasteiger partial charge < -0.3 is 25.4 Å². The number of halogens is 1. The summed E-state index contributed by atoms with van der Waals surface area (Å²) in [6, 6.07) is 12.3. The molecule has 3 N–H and O–H groups in total. The Bertz CT molecular complexity index is 851. The predicted octanol–water partition coefficient (Wildman–Crippen LogP) is 3.24. The van der Waals surface area contributed by atoms with Crippen molar-refractivity contribution in [1.82, 2.24) is 10.3 Å². The van der Waals surface area contributed by atoms with Crippen molar-refractivity contribution in [2.24, 2.45) is 10.7 Å². The van der Waals surface area contributed by atoms with Crippen molar-refractivity contribution in [1.29, 1.82) is 0 Å². The molecule has 0 aliphatic carbocycles. The van der Waals surface area contributed by atoms with E-state index in [9.17, 15) is 0 Å². The maximum Gasteiger partial charge on any atom is 0.189 e. The summed E-state index contributed by atoms with van der Waals surface area (Å²) >= 11 is 0. The van der Waals surface area contributed by atoms with Crippen LogP contribution in [0, 0.1) is 0 Å². The van der Waals surface area contributed by atoms with E-state index in [1.807, 2.05) is 30.5 Å². The van der Waals surface area contributed by atoms with Crippen LogP contribution < -0.4 is 20.7 Å². The number of nitrogens with two attached hydrogens (primary N) is 1. The molecule has 3 unspecified atom stereocenters. The molecular weight excluding hydrogens is 493 g/mol. The molecule has 1 fully saturated rings. The molecule has 7 nitrogen and oxygen atoms in total. The van der Waals surface area contributed by atoms with E-state index in [1.54, 1.807) is 0 Å².